The van der Waals surface area contributed by atoms with Gasteiger partial charge in [-0.1, -0.05) is 30.3 Å². The molecule has 0 aromatic heterocycles. The van der Waals surface area contributed by atoms with Crippen LogP contribution in [0.2, 0.25) is 0 Å². The molecular formula is C12H15NO2. The van der Waals surface area contributed by atoms with Crippen molar-refractivity contribution < 1.29 is 9.59 Å². The number of Topliss-reactive ketones (excluding diaryl/α,β-unsaturated/α-hetero) is 1. The van der Waals surface area contributed by atoms with E-state index in [2.05, 4.69) is 5.32 Å². The second-order valence-corrected chi connectivity index (χ2v) is 3.58. The van der Waals surface area contributed by atoms with Crippen LogP contribution in [0.1, 0.15) is 31.9 Å². The number of hydrogen-bond donors (Lipinski definition) is 1. The molecule has 3 heteroatoms. The smallest absolute Gasteiger partial charge is 0.227 e. The molecule has 0 heterocycles. The average molecular weight is 205 g/mol. The van der Waals surface area contributed by atoms with E-state index in [0.29, 0.717) is 0 Å². The topological polar surface area (TPSA) is 46.2 Å². The van der Waals surface area contributed by atoms with Gasteiger partial charge in [-0.15, -0.1) is 0 Å². The minimum absolute atomic E-state index is 0.0445. The second kappa shape index (κ2) is 5.29. The Labute approximate surface area is 89.5 Å². The summed E-state index contributed by atoms with van der Waals surface area (Å²) >= 11 is 0. The first-order valence-electron chi connectivity index (χ1n) is 4.93. The van der Waals surface area contributed by atoms with E-state index in [1.54, 1.807) is 0 Å². The number of carbonyl (C=O) groups is 2. The molecule has 1 aromatic rings. The maximum atomic E-state index is 11.3. The highest BCUT2D eigenvalue weighted by Gasteiger charge is 2.10. The Kier molecular flexibility index (Phi) is 4.03. The van der Waals surface area contributed by atoms with E-state index in [-0.39, 0.29) is 24.2 Å². The molecule has 1 N–H and O–H groups in total. The first-order valence-corrected chi connectivity index (χ1v) is 4.93. The predicted molar refractivity (Wildman–Crippen MR) is 58.3 cm³/mol. The van der Waals surface area contributed by atoms with Gasteiger partial charge in [0.15, 0.2) is 0 Å². The number of benzene rings is 1. The van der Waals surface area contributed by atoms with Crippen LogP contribution in [0.15, 0.2) is 30.3 Å². The van der Waals surface area contributed by atoms with Crippen LogP contribution in [0.4, 0.5) is 0 Å². The van der Waals surface area contributed by atoms with Gasteiger partial charge < -0.3 is 5.32 Å². The predicted octanol–water partition coefficient (Wildman–Crippen LogP) is 1.84. The second-order valence-electron chi connectivity index (χ2n) is 3.58. The van der Waals surface area contributed by atoms with Crippen molar-refractivity contribution >= 4 is 11.7 Å². The van der Waals surface area contributed by atoms with Gasteiger partial charge in [0.1, 0.15) is 5.78 Å². The van der Waals surface area contributed by atoms with Crippen molar-refractivity contribution in [1.82, 2.24) is 5.32 Å². The Hall–Kier alpha value is -1.64. The minimum atomic E-state index is -0.223. The summed E-state index contributed by atoms with van der Waals surface area (Å²) in [6.07, 6.45) is -0.0445. The fourth-order valence-corrected chi connectivity index (χ4v) is 1.34. The van der Waals surface area contributed by atoms with Gasteiger partial charge in [0.05, 0.1) is 12.5 Å². The van der Waals surface area contributed by atoms with E-state index in [1.807, 2.05) is 37.3 Å². The van der Waals surface area contributed by atoms with Crippen molar-refractivity contribution in [2.75, 3.05) is 0 Å². The highest BCUT2D eigenvalue weighted by Crippen LogP contribution is 2.10. The van der Waals surface area contributed by atoms with Crippen LogP contribution >= 0.6 is 0 Å². The monoisotopic (exact) mass is 205 g/mol. The first-order chi connectivity index (χ1) is 7.09. The third kappa shape index (κ3) is 3.94. The molecule has 0 aliphatic carbocycles. The van der Waals surface area contributed by atoms with Crippen molar-refractivity contribution in [2.45, 2.75) is 26.3 Å². The normalized spacial score (nSPS) is 11.9. The summed E-state index contributed by atoms with van der Waals surface area (Å²) in [6, 6.07) is 9.59. The summed E-state index contributed by atoms with van der Waals surface area (Å²) in [6.45, 7) is 3.31. The van der Waals surface area contributed by atoms with E-state index >= 15 is 0 Å². The summed E-state index contributed by atoms with van der Waals surface area (Å²) in [7, 11) is 0. The largest absolute Gasteiger partial charge is 0.349 e. The van der Waals surface area contributed by atoms with Crippen LogP contribution in [0.5, 0.6) is 0 Å². The first kappa shape index (κ1) is 11.4. The van der Waals surface area contributed by atoms with Crippen molar-refractivity contribution in [2.24, 2.45) is 0 Å². The van der Waals surface area contributed by atoms with Gasteiger partial charge in [0, 0.05) is 0 Å². The lowest BCUT2D eigenvalue weighted by Crippen LogP contribution is -2.27. The van der Waals surface area contributed by atoms with Crippen LogP contribution < -0.4 is 5.32 Å². The third-order valence-electron chi connectivity index (χ3n) is 2.09. The lowest BCUT2D eigenvalue weighted by atomic mass is 10.1. The highest BCUT2D eigenvalue weighted by atomic mass is 16.2. The molecule has 1 aromatic carbocycles. The maximum Gasteiger partial charge on any atom is 0.227 e. The zero-order chi connectivity index (χ0) is 11.3. The van der Waals surface area contributed by atoms with E-state index < -0.39 is 0 Å². The molecular weight excluding hydrogens is 190 g/mol. The number of amides is 1. The summed E-state index contributed by atoms with van der Waals surface area (Å²) in [5, 5.41) is 2.77. The number of hydrogen-bond acceptors (Lipinski definition) is 2. The summed E-state index contributed by atoms with van der Waals surface area (Å²) in [5.41, 5.74) is 1.04. The van der Waals surface area contributed by atoms with Gasteiger partial charge in [0.25, 0.3) is 0 Å². The highest BCUT2D eigenvalue weighted by molar-refractivity contribution is 5.96. The Balaban J connectivity index is 2.53. The molecule has 1 amide bonds. The Bertz CT molecular complexity index is 346. The molecule has 3 nitrogen and oxygen atoms in total. The van der Waals surface area contributed by atoms with Gasteiger partial charge >= 0.3 is 0 Å². The van der Waals surface area contributed by atoms with Crippen LogP contribution in [-0.4, -0.2) is 11.7 Å². The lowest BCUT2D eigenvalue weighted by molar-refractivity contribution is -0.127. The van der Waals surface area contributed by atoms with Crippen LogP contribution in [0.25, 0.3) is 0 Å². The molecule has 0 saturated heterocycles. The zero-order valence-corrected chi connectivity index (χ0v) is 8.99. The molecule has 0 unspecified atom stereocenters. The molecule has 1 rings (SSSR count). The Morgan fingerprint density at radius 1 is 1.27 bits per heavy atom. The fourth-order valence-electron chi connectivity index (χ4n) is 1.34. The Morgan fingerprint density at radius 2 is 1.87 bits per heavy atom. The van der Waals surface area contributed by atoms with Gasteiger partial charge in [-0.25, -0.2) is 0 Å². The molecule has 15 heavy (non-hydrogen) atoms. The van der Waals surface area contributed by atoms with Crippen molar-refractivity contribution in [3.05, 3.63) is 35.9 Å². The van der Waals surface area contributed by atoms with E-state index in [1.165, 1.54) is 6.92 Å². The molecule has 0 aliphatic rings. The van der Waals surface area contributed by atoms with Gasteiger partial charge in [0.2, 0.25) is 5.91 Å². The molecule has 0 aliphatic heterocycles. The quantitative estimate of drug-likeness (QED) is 0.762. The summed E-state index contributed by atoms with van der Waals surface area (Å²) < 4.78 is 0. The maximum absolute atomic E-state index is 11.3. The van der Waals surface area contributed by atoms with E-state index in [4.69, 9.17) is 0 Å². The number of ketones is 1. The molecule has 0 bridgehead atoms. The van der Waals surface area contributed by atoms with Crippen LogP contribution in [-0.2, 0) is 9.59 Å². The fraction of sp³-hybridized carbons (Fsp3) is 0.333. The Morgan fingerprint density at radius 3 is 2.40 bits per heavy atom. The molecule has 1 atom stereocenters. The van der Waals surface area contributed by atoms with Gasteiger partial charge in [-0.05, 0) is 19.4 Å². The zero-order valence-electron chi connectivity index (χ0n) is 8.99. The number of nitrogens with one attached hydrogen (secondary N) is 1. The van der Waals surface area contributed by atoms with E-state index in [9.17, 15) is 9.59 Å². The molecule has 0 radical (unpaired) electrons. The lowest BCUT2D eigenvalue weighted by Gasteiger charge is -2.13. The van der Waals surface area contributed by atoms with Crippen LogP contribution in [0, 0.1) is 0 Å². The number of carbonyl (C=O) groups excluding carboxylic acids is 2. The SMILES string of the molecule is CC(=O)CC(=O)N[C@@H](C)c1ccccc1. The molecule has 0 fully saturated rings. The van der Waals surface area contributed by atoms with Gasteiger partial charge in [-0.2, -0.15) is 0 Å². The van der Waals surface area contributed by atoms with Crippen molar-refractivity contribution in [1.29, 1.82) is 0 Å². The van der Waals surface area contributed by atoms with Crippen LogP contribution in [0.3, 0.4) is 0 Å². The summed E-state index contributed by atoms with van der Waals surface area (Å²) in [5.74, 6) is -0.341. The van der Waals surface area contributed by atoms with Crippen molar-refractivity contribution in [3.8, 4) is 0 Å². The molecule has 0 saturated carbocycles. The van der Waals surface area contributed by atoms with Crippen molar-refractivity contribution in [3.63, 3.8) is 0 Å². The summed E-state index contributed by atoms with van der Waals surface area (Å²) in [4.78, 5) is 22.0. The van der Waals surface area contributed by atoms with E-state index in [0.717, 1.165) is 5.56 Å². The minimum Gasteiger partial charge on any atom is -0.349 e. The molecule has 0 spiro atoms. The average Bonchev–Trinajstić information content (AvgIpc) is 2.17. The molecule has 80 valence electrons. The number of rotatable bonds is 4. The van der Waals surface area contributed by atoms with Gasteiger partial charge in [-0.3, -0.25) is 9.59 Å². The standard InChI is InChI=1S/C12H15NO2/c1-9(14)8-12(15)13-10(2)11-6-4-3-5-7-11/h3-7,10H,8H2,1-2H3,(H,13,15)/t10-/m0/s1. The third-order valence-corrected chi connectivity index (χ3v) is 2.09.